The van der Waals surface area contributed by atoms with Crippen LogP contribution in [0, 0.1) is 20.8 Å². The average Bonchev–Trinajstić information content (AvgIpc) is 2.66. The fraction of sp³-hybridized carbons (Fsp3) is 0.190. The van der Waals surface area contributed by atoms with E-state index >= 15 is 0 Å². The monoisotopic (exact) mass is 441 g/mol. The Labute approximate surface area is 171 Å². The quantitative estimate of drug-likeness (QED) is 0.650. The van der Waals surface area contributed by atoms with Crippen molar-refractivity contribution in [3.63, 3.8) is 0 Å². The molecule has 0 atom stereocenters. The topological polar surface area (TPSA) is 73.2 Å². The number of hydrogen-bond donors (Lipinski definition) is 1. The maximum absolute atomic E-state index is 12.2. The molecule has 6 nitrogen and oxygen atoms in total. The van der Waals surface area contributed by atoms with Gasteiger partial charge in [0.25, 0.3) is 11.5 Å². The van der Waals surface area contributed by atoms with E-state index in [-0.39, 0.29) is 24.0 Å². The van der Waals surface area contributed by atoms with E-state index in [0.29, 0.717) is 11.4 Å². The lowest BCUT2D eigenvalue weighted by Crippen LogP contribution is -2.24. The molecule has 0 spiro atoms. The molecule has 0 saturated carbocycles. The molecular formula is C21H20BrN3O3. The van der Waals surface area contributed by atoms with Gasteiger partial charge in [0, 0.05) is 16.6 Å². The summed E-state index contributed by atoms with van der Waals surface area (Å²) in [6.45, 7) is 5.71. The van der Waals surface area contributed by atoms with Gasteiger partial charge in [-0.2, -0.15) is 4.68 Å². The van der Waals surface area contributed by atoms with Crippen molar-refractivity contribution >= 4 is 27.5 Å². The van der Waals surface area contributed by atoms with Gasteiger partial charge in [0.05, 0.1) is 11.4 Å². The molecule has 144 valence electrons. The molecule has 0 aliphatic heterocycles. The van der Waals surface area contributed by atoms with Crippen LogP contribution in [-0.4, -0.2) is 22.3 Å². The fourth-order valence-electron chi connectivity index (χ4n) is 2.56. The maximum atomic E-state index is 12.2. The molecule has 0 aliphatic rings. The van der Waals surface area contributed by atoms with E-state index in [2.05, 4.69) is 26.3 Å². The Hall–Kier alpha value is -2.93. The molecule has 1 amide bonds. The highest BCUT2D eigenvalue weighted by Gasteiger charge is 2.09. The first-order valence-electron chi connectivity index (χ1n) is 8.70. The van der Waals surface area contributed by atoms with Gasteiger partial charge in [-0.3, -0.25) is 9.59 Å². The summed E-state index contributed by atoms with van der Waals surface area (Å²) in [5.41, 5.74) is 4.30. The van der Waals surface area contributed by atoms with Crippen molar-refractivity contribution in [3.05, 3.63) is 80.0 Å². The molecular weight excluding hydrogens is 422 g/mol. The van der Waals surface area contributed by atoms with Crippen LogP contribution >= 0.6 is 15.9 Å². The first-order chi connectivity index (χ1) is 13.3. The fourth-order valence-corrected chi connectivity index (χ4v) is 3.15. The van der Waals surface area contributed by atoms with Crippen LogP contribution < -0.4 is 15.6 Å². The third kappa shape index (κ3) is 4.67. The summed E-state index contributed by atoms with van der Waals surface area (Å²) in [4.78, 5) is 24.3. The standard InChI is InChI=1S/C21H20BrN3O3/c1-13-4-7-18(17(22)10-13)23-19(26)12-28-20-8-9-21(27)25(24-20)16-6-5-14(2)15(3)11-16/h4-11H,12H2,1-3H3,(H,23,26). The van der Waals surface area contributed by atoms with E-state index < -0.39 is 0 Å². The van der Waals surface area contributed by atoms with Crippen molar-refractivity contribution in [2.45, 2.75) is 20.8 Å². The van der Waals surface area contributed by atoms with Gasteiger partial charge < -0.3 is 10.1 Å². The number of aromatic nitrogens is 2. The van der Waals surface area contributed by atoms with Crippen molar-refractivity contribution in [1.29, 1.82) is 0 Å². The number of amides is 1. The molecule has 1 aromatic heterocycles. The van der Waals surface area contributed by atoms with Gasteiger partial charge in [0.1, 0.15) is 0 Å². The van der Waals surface area contributed by atoms with Gasteiger partial charge in [-0.25, -0.2) is 0 Å². The third-order valence-corrected chi connectivity index (χ3v) is 4.92. The number of nitrogens with zero attached hydrogens (tertiary/aromatic N) is 2. The van der Waals surface area contributed by atoms with Gasteiger partial charge in [-0.05, 0) is 77.7 Å². The summed E-state index contributed by atoms with van der Waals surface area (Å²) in [5.74, 6) is -0.133. The van der Waals surface area contributed by atoms with Crippen LogP contribution in [0.1, 0.15) is 16.7 Å². The summed E-state index contributed by atoms with van der Waals surface area (Å²) in [5, 5.41) is 6.99. The SMILES string of the molecule is Cc1ccc(NC(=O)COc2ccc(=O)n(-c3ccc(C)c(C)c3)n2)c(Br)c1. The summed E-state index contributed by atoms with van der Waals surface area (Å²) in [6, 6.07) is 14.1. The molecule has 0 radical (unpaired) electrons. The third-order valence-electron chi connectivity index (χ3n) is 4.26. The van der Waals surface area contributed by atoms with E-state index in [1.807, 2.05) is 57.2 Å². The van der Waals surface area contributed by atoms with Crippen LogP contribution in [0.3, 0.4) is 0 Å². The lowest BCUT2D eigenvalue weighted by Gasteiger charge is -2.11. The van der Waals surface area contributed by atoms with E-state index in [1.165, 1.54) is 16.8 Å². The summed E-state index contributed by atoms with van der Waals surface area (Å²) >= 11 is 3.42. The highest BCUT2D eigenvalue weighted by atomic mass is 79.9. The van der Waals surface area contributed by atoms with Gasteiger partial charge in [-0.15, -0.1) is 5.10 Å². The number of nitrogens with one attached hydrogen (secondary N) is 1. The summed E-state index contributed by atoms with van der Waals surface area (Å²) in [6.07, 6.45) is 0. The second-order valence-corrected chi connectivity index (χ2v) is 7.36. The lowest BCUT2D eigenvalue weighted by atomic mass is 10.1. The number of carbonyl (C=O) groups excluding carboxylic acids is 1. The number of aryl methyl sites for hydroxylation is 3. The van der Waals surface area contributed by atoms with Crippen LogP contribution in [0.5, 0.6) is 5.88 Å². The van der Waals surface area contributed by atoms with E-state index in [9.17, 15) is 9.59 Å². The molecule has 0 saturated heterocycles. The molecule has 2 aromatic carbocycles. The van der Waals surface area contributed by atoms with E-state index in [1.54, 1.807) is 0 Å². The van der Waals surface area contributed by atoms with Gasteiger partial charge in [0.15, 0.2) is 6.61 Å². The Morgan fingerprint density at radius 1 is 1.07 bits per heavy atom. The molecule has 0 unspecified atom stereocenters. The number of carbonyl (C=O) groups is 1. The Balaban J connectivity index is 1.71. The second-order valence-electron chi connectivity index (χ2n) is 6.51. The lowest BCUT2D eigenvalue weighted by molar-refractivity contribution is -0.118. The smallest absolute Gasteiger partial charge is 0.271 e. The number of halogens is 1. The molecule has 3 aromatic rings. The normalized spacial score (nSPS) is 10.6. The Morgan fingerprint density at radius 3 is 2.57 bits per heavy atom. The Bertz CT molecular complexity index is 1090. The highest BCUT2D eigenvalue weighted by molar-refractivity contribution is 9.10. The Kier molecular flexibility index (Phi) is 5.94. The van der Waals surface area contributed by atoms with Crippen molar-refractivity contribution in [3.8, 4) is 11.6 Å². The molecule has 0 aliphatic carbocycles. The largest absolute Gasteiger partial charge is 0.467 e. The molecule has 1 heterocycles. The van der Waals surface area contributed by atoms with Gasteiger partial charge in [0.2, 0.25) is 5.88 Å². The molecule has 1 N–H and O–H groups in total. The van der Waals surface area contributed by atoms with Crippen LogP contribution in [0.15, 0.2) is 57.8 Å². The molecule has 0 bridgehead atoms. The minimum atomic E-state index is -0.324. The highest BCUT2D eigenvalue weighted by Crippen LogP contribution is 2.23. The van der Waals surface area contributed by atoms with Gasteiger partial charge >= 0.3 is 0 Å². The number of benzene rings is 2. The van der Waals surface area contributed by atoms with E-state index in [0.717, 1.165) is 21.2 Å². The minimum Gasteiger partial charge on any atom is -0.467 e. The van der Waals surface area contributed by atoms with Crippen molar-refractivity contribution in [1.82, 2.24) is 9.78 Å². The molecule has 28 heavy (non-hydrogen) atoms. The number of ether oxygens (including phenoxy) is 1. The average molecular weight is 442 g/mol. The van der Waals surface area contributed by atoms with Gasteiger partial charge in [-0.1, -0.05) is 12.1 Å². The second kappa shape index (κ2) is 8.39. The zero-order valence-corrected chi connectivity index (χ0v) is 17.4. The maximum Gasteiger partial charge on any atom is 0.271 e. The van der Waals surface area contributed by atoms with Crippen molar-refractivity contribution in [2.75, 3.05) is 11.9 Å². The van der Waals surface area contributed by atoms with E-state index in [4.69, 9.17) is 4.74 Å². The number of hydrogen-bond acceptors (Lipinski definition) is 4. The summed E-state index contributed by atoms with van der Waals surface area (Å²) < 4.78 is 7.53. The van der Waals surface area contributed by atoms with Crippen LogP contribution in [-0.2, 0) is 4.79 Å². The molecule has 7 heteroatoms. The predicted molar refractivity (Wildman–Crippen MR) is 112 cm³/mol. The Morgan fingerprint density at radius 2 is 1.86 bits per heavy atom. The predicted octanol–water partition coefficient (Wildman–Crippen LogP) is 3.94. The molecule has 0 fully saturated rings. The number of anilines is 1. The van der Waals surface area contributed by atoms with Crippen LogP contribution in [0.2, 0.25) is 0 Å². The zero-order chi connectivity index (χ0) is 20.3. The van der Waals surface area contributed by atoms with Crippen LogP contribution in [0.4, 0.5) is 5.69 Å². The summed E-state index contributed by atoms with van der Waals surface area (Å²) in [7, 11) is 0. The van der Waals surface area contributed by atoms with Crippen molar-refractivity contribution < 1.29 is 9.53 Å². The molecule has 3 rings (SSSR count). The first-order valence-corrected chi connectivity index (χ1v) is 9.49. The van der Waals surface area contributed by atoms with Crippen LogP contribution in [0.25, 0.3) is 5.69 Å². The first kappa shape index (κ1) is 19.8. The van der Waals surface area contributed by atoms with Crippen molar-refractivity contribution in [2.24, 2.45) is 0 Å². The minimum absolute atomic E-state index is 0.191. The number of rotatable bonds is 5. The zero-order valence-electron chi connectivity index (χ0n) is 15.8.